The second-order valence-electron chi connectivity index (χ2n) is 2.35. The lowest BCUT2D eigenvalue weighted by molar-refractivity contribution is -0.140. The quantitative estimate of drug-likeness (QED) is 0.516. The lowest BCUT2D eigenvalue weighted by atomic mass is 10.3. The Morgan fingerprint density at radius 2 is 2.14 bits per heavy atom. The van der Waals surface area contributed by atoms with Crippen LogP contribution in [0.4, 0.5) is 18.9 Å². The number of alkyl halides is 3. The molecule has 14 heavy (non-hydrogen) atoms. The van der Waals surface area contributed by atoms with Gasteiger partial charge in [0.2, 0.25) is 6.08 Å². The molecule has 0 aliphatic rings. The van der Waals surface area contributed by atoms with Crippen molar-refractivity contribution >= 4 is 11.8 Å². The van der Waals surface area contributed by atoms with Gasteiger partial charge in [0.25, 0.3) is 0 Å². The van der Waals surface area contributed by atoms with Gasteiger partial charge in [-0.05, 0) is 6.92 Å². The first-order valence-corrected chi connectivity index (χ1v) is 3.44. The van der Waals surface area contributed by atoms with Crippen LogP contribution in [0.25, 0.3) is 0 Å². The van der Waals surface area contributed by atoms with E-state index in [1.807, 2.05) is 0 Å². The molecule has 0 radical (unpaired) electrons. The van der Waals surface area contributed by atoms with Crippen LogP contribution in [0.15, 0.2) is 11.2 Å². The van der Waals surface area contributed by atoms with E-state index in [2.05, 4.69) is 15.0 Å². The first kappa shape index (κ1) is 10.3. The van der Waals surface area contributed by atoms with Crippen molar-refractivity contribution in [2.45, 2.75) is 13.1 Å². The number of carbonyl (C=O) groups excluding carboxylic acids is 1. The standard InChI is InChI=1S/C7H4F3N3O/c1-4-11-2-5(12-3-14)6(13-4)7(8,9)10/h2H,1H3. The van der Waals surface area contributed by atoms with E-state index < -0.39 is 17.6 Å². The molecule has 7 heteroatoms. The van der Waals surface area contributed by atoms with E-state index in [9.17, 15) is 18.0 Å². The molecule has 0 amide bonds. The van der Waals surface area contributed by atoms with E-state index in [0.717, 1.165) is 12.3 Å². The maximum absolute atomic E-state index is 12.3. The van der Waals surface area contributed by atoms with E-state index in [1.165, 1.54) is 6.92 Å². The highest BCUT2D eigenvalue weighted by atomic mass is 19.4. The van der Waals surface area contributed by atoms with Crippen molar-refractivity contribution in [1.82, 2.24) is 9.97 Å². The number of hydrogen-bond donors (Lipinski definition) is 0. The summed E-state index contributed by atoms with van der Waals surface area (Å²) in [6, 6.07) is 0. The van der Waals surface area contributed by atoms with Crippen molar-refractivity contribution in [3.8, 4) is 0 Å². The lowest BCUT2D eigenvalue weighted by Crippen LogP contribution is -2.09. The molecule has 0 aliphatic heterocycles. The van der Waals surface area contributed by atoms with Crippen molar-refractivity contribution in [3.63, 3.8) is 0 Å². The molecule has 74 valence electrons. The number of hydrogen-bond acceptors (Lipinski definition) is 4. The van der Waals surface area contributed by atoms with E-state index in [-0.39, 0.29) is 5.82 Å². The summed E-state index contributed by atoms with van der Waals surface area (Å²) in [4.78, 5) is 19.3. The Kier molecular flexibility index (Phi) is 2.62. The SMILES string of the molecule is Cc1ncc(N=C=O)c(C(F)(F)F)n1. The minimum atomic E-state index is -4.65. The van der Waals surface area contributed by atoms with Crippen LogP contribution >= 0.6 is 0 Å². The molecular weight excluding hydrogens is 199 g/mol. The highest BCUT2D eigenvalue weighted by Crippen LogP contribution is 2.33. The Morgan fingerprint density at radius 1 is 1.50 bits per heavy atom. The molecule has 0 bridgehead atoms. The fraction of sp³-hybridized carbons (Fsp3) is 0.286. The van der Waals surface area contributed by atoms with Gasteiger partial charge in [-0.2, -0.15) is 18.2 Å². The van der Waals surface area contributed by atoms with Gasteiger partial charge in [0.15, 0.2) is 5.69 Å². The van der Waals surface area contributed by atoms with Gasteiger partial charge in [-0.25, -0.2) is 14.8 Å². The molecule has 0 spiro atoms. The fourth-order valence-corrected chi connectivity index (χ4v) is 0.803. The molecule has 0 aromatic carbocycles. The van der Waals surface area contributed by atoms with Crippen LogP contribution in [0, 0.1) is 6.92 Å². The van der Waals surface area contributed by atoms with E-state index in [4.69, 9.17) is 0 Å². The molecule has 4 nitrogen and oxygen atoms in total. The minimum absolute atomic E-state index is 0.0397. The van der Waals surface area contributed by atoms with Gasteiger partial charge >= 0.3 is 6.18 Å². The van der Waals surface area contributed by atoms with Gasteiger partial charge in [0.1, 0.15) is 11.5 Å². The second-order valence-corrected chi connectivity index (χ2v) is 2.35. The monoisotopic (exact) mass is 203 g/mol. The zero-order valence-corrected chi connectivity index (χ0v) is 6.96. The molecule has 1 aromatic rings. The summed E-state index contributed by atoms with van der Waals surface area (Å²) in [7, 11) is 0. The molecule has 0 saturated carbocycles. The van der Waals surface area contributed by atoms with Crippen LogP contribution in [0.1, 0.15) is 11.5 Å². The maximum Gasteiger partial charge on any atom is 0.435 e. The summed E-state index contributed by atoms with van der Waals surface area (Å²) in [5.41, 5.74) is -1.86. The van der Waals surface area contributed by atoms with E-state index in [0.29, 0.717) is 0 Å². The Bertz CT molecular complexity index is 396. The summed E-state index contributed by atoms with van der Waals surface area (Å²) in [5.74, 6) is -0.0397. The van der Waals surface area contributed by atoms with Crippen LogP contribution in [-0.2, 0) is 11.0 Å². The molecule has 1 aromatic heterocycles. The van der Waals surface area contributed by atoms with Crippen LogP contribution in [0.5, 0.6) is 0 Å². The number of nitrogens with zero attached hydrogens (tertiary/aromatic N) is 3. The smallest absolute Gasteiger partial charge is 0.239 e. The van der Waals surface area contributed by atoms with Gasteiger partial charge in [0.05, 0.1) is 6.20 Å². The third-order valence-corrected chi connectivity index (χ3v) is 1.32. The van der Waals surface area contributed by atoms with Crippen molar-refractivity contribution in [2.24, 2.45) is 4.99 Å². The van der Waals surface area contributed by atoms with Crippen molar-refractivity contribution in [3.05, 3.63) is 17.7 Å². The van der Waals surface area contributed by atoms with Crippen LogP contribution in [0.2, 0.25) is 0 Å². The predicted molar refractivity (Wildman–Crippen MR) is 39.6 cm³/mol. The average molecular weight is 203 g/mol. The summed E-state index contributed by atoms with van der Waals surface area (Å²) < 4.78 is 36.8. The molecule has 0 atom stereocenters. The molecule has 1 heterocycles. The number of aromatic nitrogens is 2. The third-order valence-electron chi connectivity index (χ3n) is 1.32. The first-order chi connectivity index (χ1) is 6.45. The molecule has 0 fully saturated rings. The predicted octanol–water partition coefficient (Wildman–Crippen LogP) is 1.77. The van der Waals surface area contributed by atoms with Gasteiger partial charge in [-0.3, -0.25) is 0 Å². The maximum atomic E-state index is 12.3. The highest BCUT2D eigenvalue weighted by Gasteiger charge is 2.36. The minimum Gasteiger partial charge on any atom is -0.239 e. The molecule has 0 aliphatic carbocycles. The van der Waals surface area contributed by atoms with Gasteiger partial charge in [0, 0.05) is 0 Å². The average Bonchev–Trinajstić information content (AvgIpc) is 2.07. The number of isocyanates is 1. The second kappa shape index (κ2) is 3.55. The highest BCUT2D eigenvalue weighted by molar-refractivity contribution is 5.51. The van der Waals surface area contributed by atoms with Crippen LogP contribution in [0.3, 0.4) is 0 Å². The molecule has 0 saturated heterocycles. The molecule has 0 N–H and O–H groups in total. The number of rotatable bonds is 1. The van der Waals surface area contributed by atoms with E-state index >= 15 is 0 Å². The van der Waals surface area contributed by atoms with Crippen LogP contribution in [-0.4, -0.2) is 16.0 Å². The van der Waals surface area contributed by atoms with Crippen molar-refractivity contribution in [2.75, 3.05) is 0 Å². The Balaban J connectivity index is 3.37. The van der Waals surface area contributed by atoms with Gasteiger partial charge in [-0.15, -0.1) is 0 Å². The molecular formula is C7H4F3N3O. The number of halogens is 3. The van der Waals surface area contributed by atoms with Crippen LogP contribution < -0.4 is 0 Å². The van der Waals surface area contributed by atoms with Gasteiger partial charge in [-0.1, -0.05) is 0 Å². The Morgan fingerprint density at radius 3 is 2.64 bits per heavy atom. The summed E-state index contributed by atoms with van der Waals surface area (Å²) in [6.07, 6.45) is -2.81. The van der Waals surface area contributed by atoms with Crippen molar-refractivity contribution < 1.29 is 18.0 Å². The fourth-order valence-electron chi connectivity index (χ4n) is 0.803. The third kappa shape index (κ3) is 2.14. The van der Waals surface area contributed by atoms with Crippen molar-refractivity contribution in [1.29, 1.82) is 0 Å². The first-order valence-electron chi connectivity index (χ1n) is 3.44. The topological polar surface area (TPSA) is 55.2 Å². The Hall–Kier alpha value is -1.75. The lowest BCUT2D eigenvalue weighted by Gasteiger charge is -2.07. The largest absolute Gasteiger partial charge is 0.435 e. The normalized spacial score (nSPS) is 10.9. The Labute approximate surface area is 76.5 Å². The summed E-state index contributed by atoms with van der Waals surface area (Å²) in [5, 5.41) is 0. The zero-order valence-electron chi connectivity index (χ0n) is 6.96. The zero-order chi connectivity index (χ0) is 10.8. The number of aryl methyl sites for hydroxylation is 1. The van der Waals surface area contributed by atoms with Gasteiger partial charge < -0.3 is 0 Å². The molecule has 1 rings (SSSR count). The summed E-state index contributed by atoms with van der Waals surface area (Å²) in [6.45, 7) is 1.31. The number of aliphatic imine (C=N–C) groups is 1. The summed E-state index contributed by atoms with van der Waals surface area (Å²) >= 11 is 0. The molecule has 0 unspecified atom stereocenters. The van der Waals surface area contributed by atoms with E-state index in [1.54, 1.807) is 0 Å².